The minimum Gasteiger partial charge on any atom is -0.370 e. The molecule has 1 aromatic rings. The largest absolute Gasteiger partial charge is 0.370 e. The molecule has 1 saturated carbocycles. The lowest BCUT2D eigenvalue weighted by Crippen LogP contribution is -2.42. The quantitative estimate of drug-likeness (QED) is 0.845. The zero-order chi connectivity index (χ0) is 11.5. The molecule has 1 aliphatic carbocycles. The molecule has 0 aliphatic heterocycles. The van der Waals surface area contributed by atoms with E-state index in [0.29, 0.717) is 12.1 Å². The predicted molar refractivity (Wildman–Crippen MR) is 69.8 cm³/mol. The molecular weight excluding hydrogens is 196 g/mol. The lowest BCUT2D eigenvalue weighted by molar-refractivity contribution is 0.572. The predicted octanol–water partition coefficient (Wildman–Crippen LogP) is 2.57. The first-order chi connectivity index (χ1) is 7.72. The van der Waals surface area contributed by atoms with Crippen molar-refractivity contribution in [3.63, 3.8) is 0 Å². The van der Waals surface area contributed by atoms with Crippen molar-refractivity contribution in [3.05, 3.63) is 29.8 Å². The summed E-state index contributed by atoms with van der Waals surface area (Å²) >= 11 is 0. The van der Waals surface area contributed by atoms with Gasteiger partial charge in [0.25, 0.3) is 0 Å². The van der Waals surface area contributed by atoms with Crippen molar-refractivity contribution in [1.82, 2.24) is 0 Å². The SMILES string of the molecule is CCc1ccc(N(C)C2CCCC2N)cc1. The van der Waals surface area contributed by atoms with E-state index in [-0.39, 0.29) is 0 Å². The Morgan fingerprint density at radius 1 is 1.25 bits per heavy atom. The van der Waals surface area contributed by atoms with E-state index in [1.54, 1.807) is 0 Å². The number of anilines is 1. The maximum absolute atomic E-state index is 6.13. The van der Waals surface area contributed by atoms with Crippen LogP contribution < -0.4 is 10.6 Å². The Kier molecular flexibility index (Phi) is 3.49. The third kappa shape index (κ3) is 2.22. The Morgan fingerprint density at radius 3 is 2.44 bits per heavy atom. The molecule has 2 rings (SSSR count). The van der Waals surface area contributed by atoms with E-state index in [2.05, 4.69) is 43.1 Å². The molecule has 88 valence electrons. The average molecular weight is 218 g/mol. The van der Waals surface area contributed by atoms with Crippen LogP contribution in [0.1, 0.15) is 31.7 Å². The van der Waals surface area contributed by atoms with E-state index in [1.807, 2.05) is 0 Å². The second-order valence-corrected chi connectivity index (χ2v) is 4.79. The van der Waals surface area contributed by atoms with Gasteiger partial charge in [-0.25, -0.2) is 0 Å². The van der Waals surface area contributed by atoms with Crippen LogP contribution >= 0.6 is 0 Å². The molecule has 0 saturated heterocycles. The van der Waals surface area contributed by atoms with Crippen molar-refractivity contribution < 1.29 is 0 Å². The summed E-state index contributed by atoms with van der Waals surface area (Å²) in [6.45, 7) is 2.19. The molecule has 2 nitrogen and oxygen atoms in total. The van der Waals surface area contributed by atoms with Gasteiger partial charge in [-0.3, -0.25) is 0 Å². The van der Waals surface area contributed by atoms with Gasteiger partial charge < -0.3 is 10.6 Å². The molecule has 1 fully saturated rings. The van der Waals surface area contributed by atoms with Gasteiger partial charge in [0.15, 0.2) is 0 Å². The highest BCUT2D eigenvalue weighted by Gasteiger charge is 2.27. The second kappa shape index (κ2) is 4.88. The number of likely N-dealkylation sites (N-methyl/N-ethyl adjacent to an activating group) is 1. The van der Waals surface area contributed by atoms with E-state index in [4.69, 9.17) is 5.73 Å². The minimum absolute atomic E-state index is 0.343. The summed E-state index contributed by atoms with van der Waals surface area (Å²) in [5.74, 6) is 0. The molecule has 0 bridgehead atoms. The summed E-state index contributed by atoms with van der Waals surface area (Å²) in [6, 6.07) is 9.72. The van der Waals surface area contributed by atoms with Crippen LogP contribution in [0.15, 0.2) is 24.3 Å². The maximum atomic E-state index is 6.13. The number of rotatable bonds is 3. The highest BCUT2D eigenvalue weighted by Crippen LogP contribution is 2.26. The van der Waals surface area contributed by atoms with Crippen molar-refractivity contribution >= 4 is 5.69 Å². The zero-order valence-corrected chi connectivity index (χ0v) is 10.3. The normalized spacial score (nSPS) is 24.7. The van der Waals surface area contributed by atoms with E-state index < -0.39 is 0 Å². The van der Waals surface area contributed by atoms with Crippen LogP contribution in [0.5, 0.6) is 0 Å². The van der Waals surface area contributed by atoms with Crippen LogP contribution in [-0.2, 0) is 6.42 Å². The van der Waals surface area contributed by atoms with E-state index in [9.17, 15) is 0 Å². The fourth-order valence-corrected chi connectivity index (χ4v) is 2.61. The van der Waals surface area contributed by atoms with Crippen molar-refractivity contribution in [3.8, 4) is 0 Å². The van der Waals surface area contributed by atoms with Gasteiger partial charge in [0.2, 0.25) is 0 Å². The number of hydrogen-bond donors (Lipinski definition) is 1. The van der Waals surface area contributed by atoms with E-state index in [1.165, 1.54) is 30.5 Å². The Morgan fingerprint density at radius 2 is 1.94 bits per heavy atom. The molecule has 0 spiro atoms. The van der Waals surface area contributed by atoms with Gasteiger partial charge >= 0.3 is 0 Å². The minimum atomic E-state index is 0.343. The second-order valence-electron chi connectivity index (χ2n) is 4.79. The van der Waals surface area contributed by atoms with E-state index in [0.717, 1.165) is 6.42 Å². The molecule has 2 unspecified atom stereocenters. The molecule has 2 N–H and O–H groups in total. The van der Waals surface area contributed by atoms with Crippen molar-refractivity contribution in [2.45, 2.75) is 44.7 Å². The third-order valence-corrected chi connectivity index (χ3v) is 3.78. The molecule has 0 amide bonds. The summed E-state index contributed by atoms with van der Waals surface area (Å²) in [7, 11) is 2.16. The number of benzene rings is 1. The summed E-state index contributed by atoms with van der Waals surface area (Å²) in [4.78, 5) is 2.34. The van der Waals surface area contributed by atoms with Crippen molar-refractivity contribution in [2.75, 3.05) is 11.9 Å². The Bertz CT molecular complexity index is 331. The molecule has 2 heteroatoms. The van der Waals surface area contributed by atoms with Crippen LogP contribution in [-0.4, -0.2) is 19.1 Å². The highest BCUT2D eigenvalue weighted by atomic mass is 15.2. The topological polar surface area (TPSA) is 29.3 Å². The van der Waals surface area contributed by atoms with Gasteiger partial charge in [0, 0.05) is 24.8 Å². The van der Waals surface area contributed by atoms with Gasteiger partial charge in [-0.1, -0.05) is 19.1 Å². The third-order valence-electron chi connectivity index (χ3n) is 3.78. The molecule has 1 aliphatic rings. The standard InChI is InChI=1S/C14H22N2/c1-3-11-7-9-12(10-8-11)16(2)14-6-4-5-13(14)15/h7-10,13-14H,3-6,15H2,1-2H3. The van der Waals surface area contributed by atoms with Gasteiger partial charge in [0.05, 0.1) is 0 Å². The number of nitrogens with two attached hydrogens (primary N) is 1. The fourth-order valence-electron chi connectivity index (χ4n) is 2.61. The lowest BCUT2D eigenvalue weighted by Gasteiger charge is -2.30. The van der Waals surface area contributed by atoms with Gasteiger partial charge in [0.1, 0.15) is 0 Å². The molecule has 1 aromatic carbocycles. The zero-order valence-electron chi connectivity index (χ0n) is 10.3. The Labute approximate surface area is 98.4 Å². The van der Waals surface area contributed by atoms with Crippen LogP contribution in [0.2, 0.25) is 0 Å². The van der Waals surface area contributed by atoms with Gasteiger partial charge in [-0.05, 0) is 43.4 Å². The fraction of sp³-hybridized carbons (Fsp3) is 0.571. The molecule has 2 atom stereocenters. The van der Waals surface area contributed by atoms with Crippen LogP contribution in [0, 0.1) is 0 Å². The lowest BCUT2D eigenvalue weighted by atomic mass is 10.1. The van der Waals surface area contributed by atoms with Crippen LogP contribution in [0.4, 0.5) is 5.69 Å². The summed E-state index contributed by atoms with van der Waals surface area (Å²) < 4.78 is 0. The van der Waals surface area contributed by atoms with E-state index >= 15 is 0 Å². The summed E-state index contributed by atoms with van der Waals surface area (Å²) in [5.41, 5.74) is 8.82. The molecule has 16 heavy (non-hydrogen) atoms. The highest BCUT2D eigenvalue weighted by molar-refractivity contribution is 5.48. The summed E-state index contributed by atoms with van der Waals surface area (Å²) in [6.07, 6.45) is 4.77. The van der Waals surface area contributed by atoms with Crippen molar-refractivity contribution in [1.29, 1.82) is 0 Å². The average Bonchev–Trinajstić information content (AvgIpc) is 2.75. The van der Waals surface area contributed by atoms with Crippen LogP contribution in [0.3, 0.4) is 0 Å². The summed E-state index contributed by atoms with van der Waals surface area (Å²) in [5, 5.41) is 0. The van der Waals surface area contributed by atoms with Crippen molar-refractivity contribution in [2.24, 2.45) is 5.73 Å². The Hall–Kier alpha value is -1.02. The molecule has 0 aromatic heterocycles. The maximum Gasteiger partial charge on any atom is 0.0437 e. The smallest absolute Gasteiger partial charge is 0.0437 e. The monoisotopic (exact) mass is 218 g/mol. The number of hydrogen-bond acceptors (Lipinski definition) is 2. The van der Waals surface area contributed by atoms with Gasteiger partial charge in [-0.15, -0.1) is 0 Å². The first kappa shape index (κ1) is 11.5. The van der Waals surface area contributed by atoms with Gasteiger partial charge in [-0.2, -0.15) is 0 Å². The first-order valence-electron chi connectivity index (χ1n) is 6.29. The van der Waals surface area contributed by atoms with Crippen LogP contribution in [0.25, 0.3) is 0 Å². The number of nitrogens with zero attached hydrogens (tertiary/aromatic N) is 1. The Balaban J connectivity index is 2.10. The molecule has 0 radical (unpaired) electrons. The molecular formula is C14H22N2. The number of aryl methyl sites for hydroxylation is 1. The first-order valence-corrected chi connectivity index (χ1v) is 6.29. The molecule has 0 heterocycles.